The predicted octanol–water partition coefficient (Wildman–Crippen LogP) is 18.2. The summed E-state index contributed by atoms with van der Waals surface area (Å²) in [6.07, 6.45) is 11.3. The van der Waals surface area contributed by atoms with Crippen LogP contribution >= 0.6 is 0 Å². The van der Waals surface area contributed by atoms with E-state index in [0.717, 1.165) is 73.3 Å². The summed E-state index contributed by atoms with van der Waals surface area (Å²) in [5.74, 6) is 1.30. The van der Waals surface area contributed by atoms with Gasteiger partial charge in [0, 0.05) is 62.4 Å². The number of aromatic nitrogens is 1. The van der Waals surface area contributed by atoms with E-state index < -0.39 is 0 Å². The first-order valence-corrected chi connectivity index (χ1v) is 25.6. The van der Waals surface area contributed by atoms with Crippen molar-refractivity contribution in [1.29, 1.82) is 0 Å². The number of allylic oxidation sites excluding steroid dienone is 4. The molecule has 0 bridgehead atoms. The molecule has 1 heterocycles. The van der Waals surface area contributed by atoms with E-state index in [1.54, 1.807) is 7.11 Å². The molecule has 3 aliphatic carbocycles. The third-order valence-corrected chi connectivity index (χ3v) is 15.9. The zero-order valence-corrected chi connectivity index (χ0v) is 41.0. The van der Waals surface area contributed by atoms with Gasteiger partial charge >= 0.3 is 0 Å². The van der Waals surface area contributed by atoms with E-state index in [1.165, 1.54) is 44.2 Å². The second-order valence-corrected chi connectivity index (χ2v) is 19.7. The third-order valence-electron chi connectivity index (χ3n) is 15.9. The molecule has 0 fully saturated rings. The molecular weight excluding hydrogens is 899 g/mol. The highest BCUT2D eigenvalue weighted by Crippen LogP contribution is 2.65. The summed E-state index contributed by atoms with van der Waals surface area (Å²) in [5, 5.41) is 2.40. The molecule has 0 radical (unpaired) electrons. The van der Waals surface area contributed by atoms with Crippen molar-refractivity contribution in [2.75, 3.05) is 16.9 Å². The Balaban J connectivity index is 1.02. The van der Waals surface area contributed by atoms with Crippen LogP contribution < -0.4 is 14.5 Å². The minimum Gasteiger partial charge on any atom is -0.497 e. The number of ether oxygens (including phenoxy) is 1. The van der Waals surface area contributed by atoms with Crippen LogP contribution in [0, 0.1) is 5.92 Å². The summed E-state index contributed by atoms with van der Waals surface area (Å²) in [5.41, 5.74) is 20.8. The number of hydrogen-bond acceptors (Lipinski definition) is 3. The molecule has 0 saturated heterocycles. The molecule has 1 spiro atoms. The first-order valence-electron chi connectivity index (χ1n) is 25.6. The van der Waals surface area contributed by atoms with Gasteiger partial charge in [0.1, 0.15) is 5.75 Å². The lowest BCUT2D eigenvalue weighted by atomic mass is 9.65. The van der Waals surface area contributed by atoms with Crippen molar-refractivity contribution in [3.8, 4) is 33.7 Å². The summed E-state index contributed by atoms with van der Waals surface area (Å²) in [7, 11) is 1.72. The van der Waals surface area contributed by atoms with Crippen molar-refractivity contribution in [2.24, 2.45) is 5.92 Å². The van der Waals surface area contributed by atoms with Crippen LogP contribution in [0.4, 0.5) is 34.1 Å². The van der Waals surface area contributed by atoms with E-state index >= 15 is 0 Å². The summed E-state index contributed by atoms with van der Waals surface area (Å²) in [6, 6.07) is 87.0. The van der Waals surface area contributed by atoms with Gasteiger partial charge in [-0.25, -0.2) is 0 Å². The maximum Gasteiger partial charge on any atom is 0.119 e. The van der Waals surface area contributed by atoms with Gasteiger partial charge in [-0.05, 0) is 159 Å². The molecule has 352 valence electrons. The van der Waals surface area contributed by atoms with Crippen molar-refractivity contribution in [3.05, 3.63) is 295 Å². The van der Waals surface area contributed by atoms with Crippen LogP contribution in [0.5, 0.6) is 5.75 Å². The van der Waals surface area contributed by atoms with Crippen molar-refractivity contribution in [2.45, 2.75) is 11.3 Å². The Kier molecular flexibility index (Phi) is 10.2. The van der Waals surface area contributed by atoms with Gasteiger partial charge in [-0.1, -0.05) is 164 Å². The fourth-order valence-electron chi connectivity index (χ4n) is 12.7. The Hall–Kier alpha value is -9.38. The van der Waals surface area contributed by atoms with E-state index in [9.17, 15) is 0 Å². The lowest BCUT2D eigenvalue weighted by molar-refractivity contribution is 0.415. The fraction of sp³-hybridized carbons (Fsp3) is 0.0571. The van der Waals surface area contributed by atoms with E-state index in [1.807, 2.05) is 18.2 Å². The molecule has 4 heteroatoms. The molecular formula is C70H51N3O. The highest BCUT2D eigenvalue weighted by atomic mass is 16.5. The number of hydrogen-bond donors (Lipinski definition) is 0. The predicted molar refractivity (Wildman–Crippen MR) is 308 cm³/mol. The first-order chi connectivity index (χ1) is 36.6. The van der Waals surface area contributed by atoms with Crippen LogP contribution in [0.1, 0.15) is 33.7 Å². The molecule has 10 aromatic carbocycles. The van der Waals surface area contributed by atoms with Gasteiger partial charge in [0.2, 0.25) is 0 Å². The minimum atomic E-state index is -0.374. The number of methoxy groups -OCH3 is 1. The number of fused-ring (bicyclic) bond motifs is 13. The van der Waals surface area contributed by atoms with Crippen LogP contribution in [-0.4, -0.2) is 11.7 Å². The van der Waals surface area contributed by atoms with Gasteiger partial charge in [0.15, 0.2) is 0 Å². The summed E-state index contributed by atoms with van der Waals surface area (Å²) in [4.78, 5) is 4.83. The molecule has 0 amide bonds. The summed E-state index contributed by atoms with van der Waals surface area (Å²) >= 11 is 0. The van der Waals surface area contributed by atoms with Crippen molar-refractivity contribution in [3.63, 3.8) is 0 Å². The van der Waals surface area contributed by atoms with Gasteiger partial charge in [-0.15, -0.1) is 0 Å². The van der Waals surface area contributed by atoms with Crippen LogP contribution in [0.2, 0.25) is 0 Å². The largest absolute Gasteiger partial charge is 0.497 e. The molecule has 0 N–H and O–H groups in total. The SMILES string of the molecule is C=Cc1ccc(-n2c3ccccc3c3cc(-c4cc(N(c5ccccc5)c5ccc(OC)cc5)cc(N(c5ccccc5)c5ccc6c(c5)C5(c7ccccc7-6)c6ccccc6C6C=CC=CC65)c4)ccc32)cc1. The molecule has 74 heavy (non-hydrogen) atoms. The highest BCUT2D eigenvalue weighted by molar-refractivity contribution is 6.10. The Bertz CT molecular complexity index is 4040. The van der Waals surface area contributed by atoms with Crippen LogP contribution in [-0.2, 0) is 5.41 Å². The second kappa shape index (κ2) is 17.4. The third kappa shape index (κ3) is 6.68. The maximum atomic E-state index is 5.69. The van der Waals surface area contributed by atoms with Crippen molar-refractivity contribution < 1.29 is 4.74 Å². The van der Waals surface area contributed by atoms with E-state index in [-0.39, 0.29) is 17.3 Å². The van der Waals surface area contributed by atoms with Crippen LogP contribution in [0.3, 0.4) is 0 Å². The normalized spacial score (nSPS) is 16.7. The quantitative estimate of drug-likeness (QED) is 0.136. The lowest BCUT2D eigenvalue weighted by Crippen LogP contribution is -2.33. The molecule has 3 unspecified atom stereocenters. The number of rotatable bonds is 10. The maximum absolute atomic E-state index is 5.69. The van der Waals surface area contributed by atoms with E-state index in [0.29, 0.717) is 0 Å². The summed E-state index contributed by atoms with van der Waals surface area (Å²) in [6.45, 7) is 4.01. The standard InChI is InChI=1S/C70H51N3O/c1-3-47-30-33-53(34-31-47)73-68-29-17-13-25-62(68)63-44-48(32-41-69(63)73)49-42-55(71(50-18-6-4-7-19-50)52-35-38-57(74-2)39-36-52)45-56(43-49)72(51-20-8-5-9-21-51)54-37-40-61-60-24-12-16-28-66(60)70(67(61)46-54)64-26-14-10-22-58(64)59-23-11-15-27-65(59)70/h3-46,58,64H,1H2,2H3. The number of benzene rings is 10. The Morgan fingerprint density at radius 3 is 1.81 bits per heavy atom. The Morgan fingerprint density at radius 1 is 0.459 bits per heavy atom. The molecule has 3 atom stereocenters. The minimum absolute atomic E-state index is 0.221. The van der Waals surface area contributed by atoms with Crippen LogP contribution in [0.25, 0.3) is 55.8 Å². The summed E-state index contributed by atoms with van der Waals surface area (Å²) < 4.78 is 8.07. The molecule has 4 nitrogen and oxygen atoms in total. The smallest absolute Gasteiger partial charge is 0.119 e. The van der Waals surface area contributed by atoms with Gasteiger partial charge in [-0.2, -0.15) is 0 Å². The number of nitrogens with zero attached hydrogens (tertiary/aromatic N) is 3. The average Bonchev–Trinajstić information content (AvgIpc) is 4.08. The van der Waals surface area contributed by atoms with Crippen molar-refractivity contribution >= 4 is 62.0 Å². The van der Waals surface area contributed by atoms with E-state index in [4.69, 9.17) is 4.74 Å². The average molecular weight is 950 g/mol. The molecule has 11 aromatic rings. The lowest BCUT2D eigenvalue weighted by Gasteiger charge is -2.37. The topological polar surface area (TPSA) is 20.6 Å². The van der Waals surface area contributed by atoms with Crippen LogP contribution in [0.15, 0.2) is 267 Å². The molecule has 14 rings (SSSR count). The fourth-order valence-corrected chi connectivity index (χ4v) is 12.7. The van der Waals surface area contributed by atoms with Gasteiger partial charge in [0.05, 0.1) is 23.6 Å². The molecule has 0 saturated carbocycles. The highest BCUT2D eigenvalue weighted by Gasteiger charge is 2.57. The van der Waals surface area contributed by atoms with Gasteiger partial charge in [-0.3, -0.25) is 0 Å². The second-order valence-electron chi connectivity index (χ2n) is 19.7. The van der Waals surface area contributed by atoms with Crippen molar-refractivity contribution in [1.82, 2.24) is 4.57 Å². The zero-order chi connectivity index (χ0) is 49.3. The van der Waals surface area contributed by atoms with Gasteiger partial charge in [0.25, 0.3) is 0 Å². The molecule has 0 aliphatic heterocycles. The Labute approximate surface area is 432 Å². The molecule has 1 aromatic heterocycles. The Morgan fingerprint density at radius 2 is 1.07 bits per heavy atom. The number of para-hydroxylation sites is 3. The first kappa shape index (κ1) is 43.4. The zero-order valence-electron chi connectivity index (χ0n) is 41.0. The molecule has 3 aliphatic rings. The van der Waals surface area contributed by atoms with E-state index in [2.05, 4.69) is 270 Å². The number of anilines is 6. The van der Waals surface area contributed by atoms with Gasteiger partial charge < -0.3 is 19.1 Å². The monoisotopic (exact) mass is 949 g/mol.